The molecule has 13 heavy (non-hydrogen) atoms. The van der Waals surface area contributed by atoms with Crippen LogP contribution in [-0.2, 0) is 4.79 Å². The topological polar surface area (TPSA) is 17.1 Å². The molecule has 0 aromatic rings. The summed E-state index contributed by atoms with van der Waals surface area (Å²) in [5.41, 5.74) is 1.07. The lowest BCUT2D eigenvalue weighted by molar-refractivity contribution is -0.114. The van der Waals surface area contributed by atoms with Gasteiger partial charge in [-0.05, 0) is 30.8 Å². The van der Waals surface area contributed by atoms with Crippen LogP contribution in [0.1, 0.15) is 47.5 Å². The van der Waals surface area contributed by atoms with Gasteiger partial charge in [0.05, 0.1) is 0 Å². The molecule has 0 N–H and O–H groups in total. The lowest BCUT2D eigenvalue weighted by atomic mass is 9.92. The fraction of sp³-hybridized carbons (Fsp3) is 0.750. The number of carbonyl (C=O) groups excluding carboxylic acids is 1. The van der Waals surface area contributed by atoms with E-state index in [9.17, 15) is 4.79 Å². The summed E-state index contributed by atoms with van der Waals surface area (Å²) in [5, 5.41) is 0. The van der Waals surface area contributed by atoms with Gasteiger partial charge in [0.1, 0.15) is 0 Å². The molecule has 76 valence electrons. The lowest BCUT2D eigenvalue weighted by Gasteiger charge is -2.11. The number of rotatable bonds is 1. The highest BCUT2D eigenvalue weighted by atomic mass is 16.1. The van der Waals surface area contributed by atoms with Crippen LogP contribution < -0.4 is 0 Å². The Morgan fingerprint density at radius 2 is 2.00 bits per heavy atom. The van der Waals surface area contributed by atoms with Crippen molar-refractivity contribution < 1.29 is 4.79 Å². The summed E-state index contributed by atoms with van der Waals surface area (Å²) in [6, 6.07) is 0. The summed E-state index contributed by atoms with van der Waals surface area (Å²) in [6.07, 6.45) is 3.85. The van der Waals surface area contributed by atoms with Crippen molar-refractivity contribution in [3.8, 4) is 0 Å². The largest absolute Gasteiger partial charge is 0.295 e. The van der Waals surface area contributed by atoms with Crippen LogP contribution in [0.25, 0.3) is 0 Å². The zero-order chi connectivity index (χ0) is 10.4. The number of allylic oxidation sites excluding steroid dienone is 2. The smallest absolute Gasteiger partial charge is 0.159 e. The van der Waals surface area contributed by atoms with Crippen LogP contribution in [0.3, 0.4) is 0 Å². The second kappa shape index (κ2) is 5.95. The van der Waals surface area contributed by atoms with E-state index >= 15 is 0 Å². The van der Waals surface area contributed by atoms with Crippen molar-refractivity contribution >= 4 is 5.78 Å². The Balaban J connectivity index is 0.000000671. The normalized spacial score (nSPS) is 30.2. The van der Waals surface area contributed by atoms with E-state index in [1.54, 1.807) is 0 Å². The Hall–Kier alpha value is -0.590. The molecule has 0 aromatic heterocycles. The third-order valence-electron chi connectivity index (χ3n) is 2.67. The molecule has 2 unspecified atom stereocenters. The minimum atomic E-state index is 0.367. The molecule has 0 aliphatic heterocycles. The molecule has 1 aliphatic rings. The number of hydrogen-bond acceptors (Lipinski definition) is 1. The predicted molar refractivity (Wildman–Crippen MR) is 57.7 cm³/mol. The molecular weight excluding hydrogens is 160 g/mol. The van der Waals surface area contributed by atoms with Crippen molar-refractivity contribution in [3.05, 3.63) is 11.6 Å². The summed E-state index contributed by atoms with van der Waals surface area (Å²) in [7, 11) is 0. The average Bonchev–Trinajstić information content (AvgIpc) is 2.43. The van der Waals surface area contributed by atoms with E-state index in [1.807, 2.05) is 26.8 Å². The van der Waals surface area contributed by atoms with Gasteiger partial charge in [-0.15, -0.1) is 0 Å². The minimum Gasteiger partial charge on any atom is -0.295 e. The molecule has 0 heterocycles. The van der Waals surface area contributed by atoms with Gasteiger partial charge in [-0.25, -0.2) is 0 Å². The van der Waals surface area contributed by atoms with Crippen LogP contribution in [0.4, 0.5) is 0 Å². The third-order valence-corrected chi connectivity index (χ3v) is 2.67. The van der Waals surface area contributed by atoms with Crippen LogP contribution in [0, 0.1) is 11.8 Å². The van der Waals surface area contributed by atoms with E-state index in [2.05, 4.69) is 13.8 Å². The quantitative estimate of drug-likeness (QED) is 0.566. The van der Waals surface area contributed by atoms with Gasteiger partial charge in [-0.3, -0.25) is 4.79 Å². The van der Waals surface area contributed by atoms with E-state index in [0.717, 1.165) is 18.4 Å². The first-order valence-corrected chi connectivity index (χ1v) is 5.40. The van der Waals surface area contributed by atoms with Gasteiger partial charge in [-0.1, -0.05) is 33.8 Å². The number of carbonyl (C=O) groups is 1. The number of hydrogen-bond donors (Lipinski definition) is 0. The fourth-order valence-corrected chi connectivity index (χ4v) is 2.06. The lowest BCUT2D eigenvalue weighted by Crippen LogP contribution is -2.04. The van der Waals surface area contributed by atoms with Crippen molar-refractivity contribution in [1.82, 2.24) is 0 Å². The summed E-state index contributed by atoms with van der Waals surface area (Å²) in [6.45, 7) is 10.3. The Bertz CT molecular complexity index is 191. The van der Waals surface area contributed by atoms with Gasteiger partial charge in [0.25, 0.3) is 0 Å². The number of ketones is 1. The van der Waals surface area contributed by atoms with Gasteiger partial charge in [-0.2, -0.15) is 0 Å². The number of Topliss-reactive ketones (excluding diaryl/α,β-unsaturated/α-hetero) is 1. The molecule has 1 heteroatoms. The molecule has 1 nitrogen and oxygen atoms in total. The second-order valence-corrected chi connectivity index (χ2v) is 3.36. The van der Waals surface area contributed by atoms with E-state index in [-0.39, 0.29) is 0 Å². The molecule has 0 bridgehead atoms. The molecule has 0 aromatic carbocycles. The van der Waals surface area contributed by atoms with Crippen molar-refractivity contribution in [2.45, 2.75) is 47.5 Å². The fourth-order valence-electron chi connectivity index (χ4n) is 2.06. The van der Waals surface area contributed by atoms with Crippen molar-refractivity contribution in [2.75, 3.05) is 0 Å². The summed E-state index contributed by atoms with van der Waals surface area (Å²) in [5.74, 6) is 1.47. The second-order valence-electron chi connectivity index (χ2n) is 3.36. The van der Waals surface area contributed by atoms with Gasteiger partial charge in [0.15, 0.2) is 5.78 Å². The van der Waals surface area contributed by atoms with E-state index in [0.29, 0.717) is 17.6 Å². The monoisotopic (exact) mass is 182 g/mol. The van der Waals surface area contributed by atoms with Crippen LogP contribution >= 0.6 is 0 Å². The van der Waals surface area contributed by atoms with E-state index < -0.39 is 0 Å². The Morgan fingerprint density at radius 1 is 1.46 bits per heavy atom. The molecule has 0 radical (unpaired) electrons. The van der Waals surface area contributed by atoms with Crippen LogP contribution in [0.2, 0.25) is 0 Å². The molecule has 1 fully saturated rings. The first-order valence-electron chi connectivity index (χ1n) is 5.40. The van der Waals surface area contributed by atoms with Crippen molar-refractivity contribution in [1.29, 1.82) is 0 Å². The average molecular weight is 182 g/mol. The molecule has 1 saturated carbocycles. The third kappa shape index (κ3) is 2.68. The van der Waals surface area contributed by atoms with Crippen LogP contribution in [-0.4, -0.2) is 5.78 Å². The molecular formula is C12H22O. The van der Waals surface area contributed by atoms with Gasteiger partial charge < -0.3 is 0 Å². The SMILES string of the molecule is C/C=C1/C(=O)CC(C)C1CC.CC. The van der Waals surface area contributed by atoms with Crippen LogP contribution in [0.15, 0.2) is 11.6 Å². The Kier molecular flexibility index (Phi) is 5.68. The molecule has 0 spiro atoms. The molecule has 1 aliphatic carbocycles. The van der Waals surface area contributed by atoms with Crippen molar-refractivity contribution in [3.63, 3.8) is 0 Å². The van der Waals surface area contributed by atoms with Gasteiger partial charge in [0.2, 0.25) is 0 Å². The minimum absolute atomic E-state index is 0.367. The Morgan fingerprint density at radius 3 is 2.31 bits per heavy atom. The molecule has 0 amide bonds. The summed E-state index contributed by atoms with van der Waals surface area (Å²) < 4.78 is 0. The standard InChI is InChI=1S/C10H16O.C2H6/c1-4-8-7(3)6-10(11)9(8)5-2;1-2/h5,7-8H,4,6H2,1-3H3;1-2H3/b9-5+;. The first-order chi connectivity index (χ1) is 6.20. The predicted octanol–water partition coefficient (Wildman–Crippen LogP) is 3.59. The molecule has 2 atom stereocenters. The zero-order valence-electron chi connectivity index (χ0n) is 9.55. The van der Waals surface area contributed by atoms with Gasteiger partial charge in [0, 0.05) is 6.42 Å². The Labute approximate surface area is 82.2 Å². The zero-order valence-corrected chi connectivity index (χ0v) is 9.55. The molecule has 0 saturated heterocycles. The first kappa shape index (κ1) is 12.4. The van der Waals surface area contributed by atoms with Gasteiger partial charge >= 0.3 is 0 Å². The molecule has 1 rings (SSSR count). The highest BCUT2D eigenvalue weighted by Gasteiger charge is 2.32. The van der Waals surface area contributed by atoms with Crippen molar-refractivity contribution in [2.24, 2.45) is 11.8 Å². The highest BCUT2D eigenvalue weighted by Crippen LogP contribution is 2.35. The maximum Gasteiger partial charge on any atom is 0.159 e. The van der Waals surface area contributed by atoms with E-state index in [4.69, 9.17) is 0 Å². The van der Waals surface area contributed by atoms with Crippen LogP contribution in [0.5, 0.6) is 0 Å². The maximum absolute atomic E-state index is 11.3. The maximum atomic E-state index is 11.3. The van der Waals surface area contributed by atoms with E-state index in [1.165, 1.54) is 0 Å². The summed E-state index contributed by atoms with van der Waals surface area (Å²) in [4.78, 5) is 11.3. The highest BCUT2D eigenvalue weighted by molar-refractivity contribution is 5.98. The summed E-state index contributed by atoms with van der Waals surface area (Å²) >= 11 is 0.